The van der Waals surface area contributed by atoms with Gasteiger partial charge in [-0.05, 0) is 33.6 Å². The molecular formula is C10H18F3NOS. The molecule has 6 heteroatoms. The summed E-state index contributed by atoms with van der Waals surface area (Å²) in [6, 6.07) is 0. The molecule has 0 radical (unpaired) electrons. The molecule has 0 bridgehead atoms. The van der Waals surface area contributed by atoms with Crippen LogP contribution in [0.5, 0.6) is 0 Å². The molecule has 0 saturated heterocycles. The molecule has 2 nitrogen and oxygen atoms in total. The van der Waals surface area contributed by atoms with Gasteiger partial charge < -0.3 is 4.55 Å². The van der Waals surface area contributed by atoms with Crippen LogP contribution in [-0.2, 0) is 11.4 Å². The van der Waals surface area contributed by atoms with E-state index in [1.807, 2.05) is 0 Å². The van der Waals surface area contributed by atoms with Crippen LogP contribution in [-0.4, -0.2) is 21.2 Å². The van der Waals surface area contributed by atoms with Crippen LogP contribution in [0.1, 0.15) is 47.0 Å². The summed E-state index contributed by atoms with van der Waals surface area (Å²) in [4.78, 5) is 0. The monoisotopic (exact) mass is 257 g/mol. The first-order chi connectivity index (χ1) is 7.06. The zero-order valence-electron chi connectivity index (χ0n) is 10.0. The van der Waals surface area contributed by atoms with Gasteiger partial charge in [0.15, 0.2) is 0 Å². The largest absolute Gasteiger partial charge is 0.591 e. The van der Waals surface area contributed by atoms with Crippen molar-refractivity contribution in [3.05, 3.63) is 0 Å². The predicted molar refractivity (Wildman–Crippen MR) is 60.9 cm³/mol. The molecule has 0 rings (SSSR count). The maximum Gasteiger partial charge on any atom is 0.389 e. The van der Waals surface area contributed by atoms with E-state index in [1.54, 1.807) is 27.7 Å². The molecule has 1 atom stereocenters. The summed E-state index contributed by atoms with van der Waals surface area (Å²) in [7, 11) is 0. The fraction of sp³-hybridized carbons (Fsp3) is 0.900. The van der Waals surface area contributed by atoms with E-state index >= 15 is 0 Å². The maximum absolute atomic E-state index is 12.0. The van der Waals surface area contributed by atoms with Crippen molar-refractivity contribution in [2.75, 3.05) is 0 Å². The number of alkyl halides is 3. The smallest absolute Gasteiger partial charge is 0.389 e. The number of hydrogen-bond donors (Lipinski definition) is 0. The minimum atomic E-state index is -4.18. The van der Waals surface area contributed by atoms with Gasteiger partial charge in [0.25, 0.3) is 0 Å². The SMILES string of the molecule is CCC(CCC(F)(F)F)=N[S@+]([O-])C(C)(C)C. The van der Waals surface area contributed by atoms with E-state index in [1.165, 1.54) is 0 Å². The van der Waals surface area contributed by atoms with Crippen molar-refractivity contribution in [3.8, 4) is 0 Å². The highest BCUT2D eigenvalue weighted by atomic mass is 32.2. The molecule has 0 saturated carbocycles. The lowest BCUT2D eigenvalue weighted by molar-refractivity contribution is -0.132. The van der Waals surface area contributed by atoms with Crippen molar-refractivity contribution in [1.82, 2.24) is 0 Å². The summed E-state index contributed by atoms with van der Waals surface area (Å²) in [5.41, 5.74) is 0.366. The van der Waals surface area contributed by atoms with Gasteiger partial charge in [-0.1, -0.05) is 11.3 Å². The maximum atomic E-state index is 12.0. The van der Waals surface area contributed by atoms with E-state index in [0.717, 1.165) is 0 Å². The predicted octanol–water partition coefficient (Wildman–Crippen LogP) is 3.64. The molecular weight excluding hydrogens is 239 g/mol. The molecule has 0 spiro atoms. The summed E-state index contributed by atoms with van der Waals surface area (Å²) >= 11 is -1.47. The first kappa shape index (κ1) is 15.8. The van der Waals surface area contributed by atoms with Crippen LogP contribution in [0.15, 0.2) is 4.40 Å². The Morgan fingerprint density at radius 2 is 1.75 bits per heavy atom. The van der Waals surface area contributed by atoms with Crippen molar-refractivity contribution < 1.29 is 17.7 Å². The van der Waals surface area contributed by atoms with Crippen LogP contribution in [0.25, 0.3) is 0 Å². The van der Waals surface area contributed by atoms with Gasteiger partial charge in [0, 0.05) is 6.42 Å². The van der Waals surface area contributed by atoms with Gasteiger partial charge in [-0.25, -0.2) is 0 Å². The molecule has 0 heterocycles. The van der Waals surface area contributed by atoms with Crippen LogP contribution >= 0.6 is 0 Å². The Morgan fingerprint density at radius 1 is 1.25 bits per heavy atom. The van der Waals surface area contributed by atoms with Crippen LogP contribution < -0.4 is 0 Å². The molecule has 0 aromatic rings. The highest BCUT2D eigenvalue weighted by molar-refractivity contribution is 7.91. The van der Waals surface area contributed by atoms with E-state index in [4.69, 9.17) is 0 Å². The number of halogens is 3. The van der Waals surface area contributed by atoms with Crippen LogP contribution in [0.2, 0.25) is 0 Å². The Morgan fingerprint density at radius 3 is 2.06 bits per heavy atom. The number of nitrogens with zero attached hydrogens (tertiary/aromatic N) is 1. The van der Waals surface area contributed by atoms with Gasteiger partial charge >= 0.3 is 6.18 Å². The normalized spacial score (nSPS) is 16.4. The van der Waals surface area contributed by atoms with Crippen molar-refractivity contribution >= 4 is 17.1 Å². The lowest BCUT2D eigenvalue weighted by atomic mass is 10.2. The van der Waals surface area contributed by atoms with Gasteiger partial charge in [0.05, 0.1) is 5.71 Å². The molecule has 0 aliphatic rings. The van der Waals surface area contributed by atoms with Crippen LogP contribution in [0.4, 0.5) is 13.2 Å². The molecule has 0 aliphatic carbocycles. The Balaban J connectivity index is 4.44. The summed E-state index contributed by atoms with van der Waals surface area (Å²) in [6.07, 6.45) is -4.85. The average Bonchev–Trinajstić information content (AvgIpc) is 2.08. The molecule has 0 amide bonds. The fourth-order valence-electron chi connectivity index (χ4n) is 0.827. The quantitative estimate of drug-likeness (QED) is 0.559. The fourth-order valence-corrected chi connectivity index (χ4v) is 1.56. The minimum absolute atomic E-state index is 0.165. The van der Waals surface area contributed by atoms with E-state index < -0.39 is 28.7 Å². The second kappa shape index (κ2) is 5.91. The van der Waals surface area contributed by atoms with Crippen molar-refractivity contribution in [3.63, 3.8) is 0 Å². The Hall–Kier alpha value is -0.230. The summed E-state index contributed by atoms with van der Waals surface area (Å²) in [5.74, 6) is 0. The third-order valence-electron chi connectivity index (χ3n) is 1.84. The van der Waals surface area contributed by atoms with E-state index in [9.17, 15) is 17.7 Å². The Bertz CT molecular complexity index is 245. The van der Waals surface area contributed by atoms with E-state index in [-0.39, 0.29) is 6.42 Å². The van der Waals surface area contributed by atoms with Gasteiger partial charge in [-0.3, -0.25) is 0 Å². The standard InChI is InChI=1S/C10H18F3NOS/c1-5-8(6-7-10(11,12)13)14-16(15)9(2,3)4/h5-7H2,1-4H3/t16-/m1/s1. The average molecular weight is 257 g/mol. The number of rotatable bonds is 4. The van der Waals surface area contributed by atoms with Crippen molar-refractivity contribution in [2.45, 2.75) is 57.9 Å². The van der Waals surface area contributed by atoms with Gasteiger partial charge in [-0.2, -0.15) is 13.2 Å². The summed E-state index contributed by atoms with van der Waals surface area (Å²) < 4.78 is 50.9. The van der Waals surface area contributed by atoms with Crippen LogP contribution in [0.3, 0.4) is 0 Å². The first-order valence-electron chi connectivity index (χ1n) is 5.11. The molecule has 16 heavy (non-hydrogen) atoms. The number of hydrogen-bond acceptors (Lipinski definition) is 2. The van der Waals surface area contributed by atoms with Crippen molar-refractivity contribution in [1.29, 1.82) is 0 Å². The molecule has 0 aromatic heterocycles. The topological polar surface area (TPSA) is 35.4 Å². The second-order valence-corrected chi connectivity index (χ2v) is 6.39. The summed E-state index contributed by atoms with van der Waals surface area (Å²) in [5, 5.41) is 0. The van der Waals surface area contributed by atoms with Crippen molar-refractivity contribution in [2.24, 2.45) is 4.40 Å². The summed E-state index contributed by atoms with van der Waals surface area (Å²) in [6.45, 7) is 6.94. The third-order valence-corrected chi connectivity index (χ3v) is 3.31. The molecule has 0 fully saturated rings. The highest BCUT2D eigenvalue weighted by Crippen LogP contribution is 2.23. The molecule has 96 valence electrons. The van der Waals surface area contributed by atoms with Gasteiger partial charge in [-0.15, -0.1) is 0 Å². The highest BCUT2D eigenvalue weighted by Gasteiger charge is 2.29. The molecule has 0 aromatic carbocycles. The Labute approximate surface area is 97.6 Å². The third kappa shape index (κ3) is 7.11. The lowest BCUT2D eigenvalue weighted by Gasteiger charge is -2.19. The molecule has 0 unspecified atom stereocenters. The zero-order chi connectivity index (χ0) is 13.0. The molecule has 0 N–H and O–H groups in total. The Kier molecular flexibility index (Phi) is 5.82. The van der Waals surface area contributed by atoms with E-state index in [0.29, 0.717) is 12.1 Å². The van der Waals surface area contributed by atoms with Crippen LogP contribution in [0, 0.1) is 0 Å². The zero-order valence-corrected chi connectivity index (χ0v) is 10.8. The second-order valence-electron chi connectivity index (χ2n) is 4.49. The van der Waals surface area contributed by atoms with E-state index in [2.05, 4.69) is 4.40 Å². The lowest BCUT2D eigenvalue weighted by Crippen LogP contribution is -2.27. The first-order valence-corrected chi connectivity index (χ1v) is 6.22. The van der Waals surface area contributed by atoms with Gasteiger partial charge in [0.1, 0.15) is 16.1 Å². The molecule has 0 aliphatic heterocycles. The van der Waals surface area contributed by atoms with Gasteiger partial charge in [0.2, 0.25) is 0 Å². The minimum Gasteiger partial charge on any atom is -0.591 e.